The van der Waals surface area contributed by atoms with E-state index >= 15 is 0 Å². The van der Waals surface area contributed by atoms with Gasteiger partial charge in [-0.05, 0) is 19.3 Å². The molecule has 0 bridgehead atoms. The quantitative estimate of drug-likeness (QED) is 0.361. The van der Waals surface area contributed by atoms with Gasteiger partial charge >= 0.3 is 6.16 Å². The van der Waals surface area contributed by atoms with E-state index in [9.17, 15) is 9.18 Å². The minimum Gasteiger partial charge on any atom is -0.315 e. The molecular weight excluding hydrogens is 121 g/mol. The van der Waals surface area contributed by atoms with Crippen molar-refractivity contribution in [2.75, 3.05) is 13.1 Å². The summed E-state index contributed by atoms with van der Waals surface area (Å²) in [5.41, 5.74) is 0. The van der Waals surface area contributed by atoms with Gasteiger partial charge in [-0.3, -0.25) is 0 Å². The van der Waals surface area contributed by atoms with Gasteiger partial charge in [-0.25, -0.2) is 4.79 Å². The summed E-state index contributed by atoms with van der Waals surface area (Å²) >= 11 is 0. The third-order valence-electron chi connectivity index (χ3n) is 1.60. The predicted molar refractivity (Wildman–Crippen MR) is 31.9 cm³/mol. The van der Waals surface area contributed by atoms with Crippen molar-refractivity contribution in [3.8, 4) is 0 Å². The second-order valence-electron chi connectivity index (χ2n) is 2.30. The molecule has 1 aliphatic rings. The summed E-state index contributed by atoms with van der Waals surface area (Å²) in [5, 5.41) is 0. The average Bonchev–Trinajstić information content (AvgIpc) is 1.90. The van der Waals surface area contributed by atoms with E-state index in [1.54, 1.807) is 0 Å². The highest BCUT2D eigenvalue weighted by molar-refractivity contribution is 5.65. The number of piperidine rings is 1. The molecule has 1 heterocycles. The average molecular weight is 131 g/mol. The van der Waals surface area contributed by atoms with Gasteiger partial charge in [0.05, 0.1) is 0 Å². The lowest BCUT2D eigenvalue weighted by molar-refractivity contribution is 0.164. The van der Waals surface area contributed by atoms with Crippen molar-refractivity contribution in [2.45, 2.75) is 19.3 Å². The van der Waals surface area contributed by atoms with Crippen LogP contribution < -0.4 is 0 Å². The van der Waals surface area contributed by atoms with Crippen LogP contribution in [0.4, 0.5) is 9.18 Å². The fraction of sp³-hybridized carbons (Fsp3) is 0.833. The first kappa shape index (κ1) is 6.52. The summed E-state index contributed by atoms with van der Waals surface area (Å²) in [7, 11) is 0. The van der Waals surface area contributed by atoms with Gasteiger partial charge in [-0.1, -0.05) is 0 Å². The summed E-state index contributed by atoms with van der Waals surface area (Å²) in [5.74, 6) is 0. The van der Waals surface area contributed by atoms with Crippen LogP contribution in [0.15, 0.2) is 0 Å². The van der Waals surface area contributed by atoms with Crippen molar-refractivity contribution >= 4 is 6.16 Å². The van der Waals surface area contributed by atoms with Crippen molar-refractivity contribution < 1.29 is 9.18 Å². The van der Waals surface area contributed by atoms with Gasteiger partial charge in [0.15, 0.2) is 0 Å². The first-order valence-corrected chi connectivity index (χ1v) is 3.25. The number of likely N-dealkylation sites (tertiary alicyclic amines) is 1. The molecule has 2 nitrogen and oxygen atoms in total. The largest absolute Gasteiger partial charge is 0.400 e. The Kier molecular flexibility index (Phi) is 2.03. The molecule has 1 saturated heterocycles. The van der Waals surface area contributed by atoms with Gasteiger partial charge in [0.1, 0.15) is 0 Å². The van der Waals surface area contributed by atoms with Crippen LogP contribution in [-0.4, -0.2) is 24.2 Å². The topological polar surface area (TPSA) is 20.3 Å². The third-order valence-corrected chi connectivity index (χ3v) is 1.60. The Bertz CT molecular complexity index is 110. The van der Waals surface area contributed by atoms with Crippen molar-refractivity contribution in [1.29, 1.82) is 0 Å². The standard InChI is InChI=1S/C6H10FNO/c7-6(9)8-4-2-1-3-5-8/h1-5H2. The van der Waals surface area contributed by atoms with E-state index in [2.05, 4.69) is 0 Å². The maximum atomic E-state index is 11.9. The Morgan fingerprint density at radius 2 is 1.78 bits per heavy atom. The molecule has 0 radical (unpaired) electrons. The number of carbonyl (C=O) groups is 1. The Labute approximate surface area is 53.6 Å². The van der Waals surface area contributed by atoms with Gasteiger partial charge in [0, 0.05) is 13.1 Å². The van der Waals surface area contributed by atoms with E-state index in [-0.39, 0.29) is 0 Å². The van der Waals surface area contributed by atoms with Gasteiger partial charge in [0.2, 0.25) is 0 Å². The molecule has 0 aromatic carbocycles. The number of halogens is 1. The van der Waals surface area contributed by atoms with Gasteiger partial charge in [-0.2, -0.15) is 0 Å². The number of amides is 1. The highest BCUT2D eigenvalue weighted by Gasteiger charge is 2.14. The van der Waals surface area contributed by atoms with Crippen LogP contribution in [0.3, 0.4) is 0 Å². The van der Waals surface area contributed by atoms with Gasteiger partial charge < -0.3 is 4.90 Å². The number of nitrogens with zero attached hydrogens (tertiary/aromatic N) is 1. The van der Waals surface area contributed by atoms with Crippen LogP contribution >= 0.6 is 0 Å². The zero-order valence-corrected chi connectivity index (χ0v) is 5.27. The van der Waals surface area contributed by atoms with E-state index in [4.69, 9.17) is 0 Å². The lowest BCUT2D eigenvalue weighted by atomic mass is 10.1. The van der Waals surface area contributed by atoms with E-state index in [0.29, 0.717) is 13.1 Å². The maximum absolute atomic E-state index is 11.9. The fourth-order valence-corrected chi connectivity index (χ4v) is 1.07. The first-order chi connectivity index (χ1) is 4.30. The molecule has 1 rings (SSSR count). The molecule has 0 aromatic rings. The minimum absolute atomic E-state index is 0.606. The Balaban J connectivity index is 2.31. The third kappa shape index (κ3) is 1.66. The SMILES string of the molecule is O=C(F)N1CCCCC1. The number of hydrogen-bond donors (Lipinski definition) is 0. The summed E-state index contributed by atoms with van der Waals surface area (Å²) in [4.78, 5) is 11.3. The van der Waals surface area contributed by atoms with Crippen LogP contribution in [0.1, 0.15) is 19.3 Å². The molecular formula is C6H10FNO. The predicted octanol–water partition coefficient (Wildman–Crippen LogP) is 1.56. The summed E-state index contributed by atoms with van der Waals surface area (Å²) < 4.78 is 11.9. The highest BCUT2D eigenvalue weighted by Crippen LogP contribution is 2.08. The lowest BCUT2D eigenvalue weighted by Crippen LogP contribution is -2.32. The molecule has 0 aliphatic carbocycles. The van der Waals surface area contributed by atoms with Crippen LogP contribution in [0.5, 0.6) is 0 Å². The second kappa shape index (κ2) is 2.80. The Morgan fingerprint density at radius 3 is 2.11 bits per heavy atom. The number of rotatable bonds is 0. The van der Waals surface area contributed by atoms with Crippen LogP contribution in [-0.2, 0) is 0 Å². The van der Waals surface area contributed by atoms with Crippen LogP contribution in [0, 0.1) is 0 Å². The van der Waals surface area contributed by atoms with E-state index in [1.807, 2.05) is 0 Å². The van der Waals surface area contributed by atoms with Gasteiger partial charge in [0.25, 0.3) is 0 Å². The Morgan fingerprint density at radius 1 is 1.22 bits per heavy atom. The molecule has 52 valence electrons. The maximum Gasteiger partial charge on any atom is 0.400 e. The number of carbonyl (C=O) groups excluding carboxylic acids is 1. The number of hydrogen-bond acceptors (Lipinski definition) is 1. The fourth-order valence-electron chi connectivity index (χ4n) is 1.07. The zero-order chi connectivity index (χ0) is 6.69. The molecule has 1 fully saturated rings. The van der Waals surface area contributed by atoms with Crippen LogP contribution in [0.25, 0.3) is 0 Å². The molecule has 0 atom stereocenters. The molecule has 0 unspecified atom stereocenters. The monoisotopic (exact) mass is 131 g/mol. The van der Waals surface area contributed by atoms with Gasteiger partial charge in [-0.15, -0.1) is 4.39 Å². The zero-order valence-electron chi connectivity index (χ0n) is 5.27. The minimum atomic E-state index is -1.27. The molecule has 1 aliphatic heterocycles. The highest BCUT2D eigenvalue weighted by atomic mass is 19.1. The molecule has 0 N–H and O–H groups in total. The first-order valence-electron chi connectivity index (χ1n) is 3.25. The summed E-state index contributed by atoms with van der Waals surface area (Å²) in [6.45, 7) is 1.21. The molecule has 0 aromatic heterocycles. The summed E-state index contributed by atoms with van der Waals surface area (Å²) in [6.07, 6.45) is 1.77. The smallest absolute Gasteiger partial charge is 0.315 e. The molecule has 1 amide bonds. The molecule has 0 saturated carbocycles. The molecule has 3 heteroatoms. The molecule has 0 spiro atoms. The van der Waals surface area contributed by atoms with E-state index in [1.165, 1.54) is 4.90 Å². The van der Waals surface area contributed by atoms with E-state index < -0.39 is 6.16 Å². The van der Waals surface area contributed by atoms with Crippen molar-refractivity contribution in [1.82, 2.24) is 4.90 Å². The lowest BCUT2D eigenvalue weighted by Gasteiger charge is -2.22. The molecule has 9 heavy (non-hydrogen) atoms. The van der Waals surface area contributed by atoms with Crippen molar-refractivity contribution in [3.05, 3.63) is 0 Å². The normalized spacial score (nSPS) is 19.9. The summed E-state index contributed by atoms with van der Waals surface area (Å²) in [6, 6.07) is 0. The van der Waals surface area contributed by atoms with Crippen molar-refractivity contribution in [3.63, 3.8) is 0 Å². The Hall–Kier alpha value is -0.600. The second-order valence-corrected chi connectivity index (χ2v) is 2.30. The van der Waals surface area contributed by atoms with E-state index in [0.717, 1.165) is 19.3 Å². The van der Waals surface area contributed by atoms with Crippen LogP contribution in [0.2, 0.25) is 0 Å². The van der Waals surface area contributed by atoms with Crippen molar-refractivity contribution in [2.24, 2.45) is 0 Å².